The summed E-state index contributed by atoms with van der Waals surface area (Å²) < 4.78 is 15.7. The highest BCUT2D eigenvalue weighted by Gasteiger charge is 2.49. The fourth-order valence-electron chi connectivity index (χ4n) is 3.40. The molecule has 1 unspecified atom stereocenters. The van der Waals surface area contributed by atoms with Crippen LogP contribution in [0.5, 0.6) is 11.5 Å². The van der Waals surface area contributed by atoms with Crippen molar-refractivity contribution < 1.29 is 23.6 Å². The molecule has 2 aromatic carbocycles. The summed E-state index contributed by atoms with van der Waals surface area (Å²) in [7, 11) is 3.17. The quantitative estimate of drug-likeness (QED) is 0.630. The second-order valence-corrected chi connectivity index (χ2v) is 7.08. The average molecular weight is 407 g/mol. The van der Waals surface area contributed by atoms with Crippen molar-refractivity contribution >= 4 is 11.9 Å². The Kier molecular flexibility index (Phi) is 4.91. The number of aromatic nitrogens is 1. The molecule has 1 aliphatic heterocycles. The molecule has 3 amide bonds. The van der Waals surface area contributed by atoms with E-state index in [1.807, 2.05) is 24.3 Å². The van der Waals surface area contributed by atoms with E-state index in [0.717, 1.165) is 16.2 Å². The highest BCUT2D eigenvalue weighted by molar-refractivity contribution is 6.07. The van der Waals surface area contributed by atoms with Gasteiger partial charge in [-0.25, -0.2) is 4.79 Å². The fourth-order valence-corrected chi connectivity index (χ4v) is 3.40. The van der Waals surface area contributed by atoms with Gasteiger partial charge in [0.2, 0.25) is 0 Å². The number of imide groups is 1. The maximum absolute atomic E-state index is 13.1. The number of hydrogen-bond donors (Lipinski definition) is 1. The Bertz CT molecular complexity index is 1070. The van der Waals surface area contributed by atoms with Crippen molar-refractivity contribution in [3.8, 4) is 22.8 Å². The third-order valence-corrected chi connectivity index (χ3v) is 5.20. The zero-order valence-corrected chi connectivity index (χ0v) is 16.8. The van der Waals surface area contributed by atoms with E-state index in [9.17, 15) is 9.59 Å². The molecule has 0 aliphatic carbocycles. The van der Waals surface area contributed by atoms with Gasteiger partial charge in [0.1, 0.15) is 22.7 Å². The monoisotopic (exact) mass is 407 g/mol. The van der Waals surface area contributed by atoms with Crippen molar-refractivity contribution in [2.45, 2.75) is 19.0 Å². The molecule has 0 radical (unpaired) electrons. The maximum atomic E-state index is 13.1. The second-order valence-electron chi connectivity index (χ2n) is 7.08. The van der Waals surface area contributed by atoms with Crippen LogP contribution in [0, 0.1) is 0 Å². The summed E-state index contributed by atoms with van der Waals surface area (Å²) in [6.07, 6.45) is 0. The summed E-state index contributed by atoms with van der Waals surface area (Å²) in [6, 6.07) is 15.6. The fraction of sp³-hybridized carbons (Fsp3) is 0.227. The van der Waals surface area contributed by atoms with Gasteiger partial charge in [-0.1, -0.05) is 17.3 Å². The van der Waals surface area contributed by atoms with E-state index in [1.165, 1.54) is 0 Å². The van der Waals surface area contributed by atoms with E-state index in [2.05, 4.69) is 10.5 Å². The van der Waals surface area contributed by atoms with Crippen LogP contribution in [0.15, 0.2) is 59.1 Å². The number of nitrogens with zero attached hydrogens (tertiary/aromatic N) is 2. The molecule has 1 fully saturated rings. The van der Waals surface area contributed by atoms with E-state index in [-0.39, 0.29) is 12.5 Å². The smallest absolute Gasteiger partial charge is 0.325 e. The van der Waals surface area contributed by atoms with E-state index in [4.69, 9.17) is 14.0 Å². The molecule has 1 aromatic heterocycles. The first kappa shape index (κ1) is 19.5. The lowest BCUT2D eigenvalue weighted by Gasteiger charge is -2.22. The SMILES string of the molecule is COc1ccc(-c2cc(CN3C(=O)NC(C)(c4ccc(OC)cc4)C3=O)on2)cc1. The topological polar surface area (TPSA) is 93.9 Å². The van der Waals surface area contributed by atoms with Crippen LogP contribution in [-0.4, -0.2) is 36.2 Å². The Balaban J connectivity index is 1.53. The minimum absolute atomic E-state index is 0.0143. The van der Waals surface area contributed by atoms with Gasteiger partial charge in [-0.05, 0) is 48.9 Å². The van der Waals surface area contributed by atoms with Crippen LogP contribution < -0.4 is 14.8 Å². The summed E-state index contributed by atoms with van der Waals surface area (Å²) >= 11 is 0. The summed E-state index contributed by atoms with van der Waals surface area (Å²) in [5, 5.41) is 6.82. The standard InChI is InChI=1S/C22H21N3O5/c1-22(15-6-10-17(29-3)11-7-15)20(26)25(21(27)23-22)13-18-12-19(24-30-18)14-4-8-16(28-2)9-5-14/h4-12H,13H2,1-3H3,(H,23,27). The van der Waals surface area contributed by atoms with Crippen molar-refractivity contribution in [2.24, 2.45) is 0 Å². The van der Waals surface area contributed by atoms with Crippen molar-refractivity contribution in [2.75, 3.05) is 14.2 Å². The van der Waals surface area contributed by atoms with Crippen LogP contribution >= 0.6 is 0 Å². The van der Waals surface area contributed by atoms with E-state index in [1.54, 1.807) is 51.5 Å². The van der Waals surface area contributed by atoms with Gasteiger partial charge in [-0.15, -0.1) is 0 Å². The van der Waals surface area contributed by atoms with Crippen molar-refractivity contribution in [1.82, 2.24) is 15.4 Å². The Morgan fingerprint density at radius 3 is 2.20 bits per heavy atom. The molecule has 1 saturated heterocycles. The lowest BCUT2D eigenvalue weighted by Crippen LogP contribution is -2.40. The van der Waals surface area contributed by atoms with Gasteiger partial charge in [-0.3, -0.25) is 9.69 Å². The molecule has 8 nitrogen and oxygen atoms in total. The molecule has 4 rings (SSSR count). The zero-order valence-electron chi connectivity index (χ0n) is 16.8. The third kappa shape index (κ3) is 3.36. The number of carbonyl (C=O) groups is 2. The van der Waals surface area contributed by atoms with Gasteiger partial charge < -0.3 is 19.3 Å². The molecular formula is C22H21N3O5. The highest BCUT2D eigenvalue weighted by Crippen LogP contribution is 2.31. The number of urea groups is 1. The van der Waals surface area contributed by atoms with Crippen molar-refractivity contribution in [3.63, 3.8) is 0 Å². The molecule has 30 heavy (non-hydrogen) atoms. The van der Waals surface area contributed by atoms with E-state index < -0.39 is 11.6 Å². The number of hydrogen-bond acceptors (Lipinski definition) is 6. The van der Waals surface area contributed by atoms with Crippen LogP contribution in [0.1, 0.15) is 18.2 Å². The molecule has 1 N–H and O–H groups in total. The van der Waals surface area contributed by atoms with Crippen LogP contribution in [0.3, 0.4) is 0 Å². The third-order valence-electron chi connectivity index (χ3n) is 5.20. The predicted molar refractivity (Wildman–Crippen MR) is 108 cm³/mol. The van der Waals surface area contributed by atoms with Gasteiger partial charge >= 0.3 is 6.03 Å². The Hall–Kier alpha value is -3.81. The van der Waals surface area contributed by atoms with Crippen molar-refractivity contribution in [1.29, 1.82) is 0 Å². The molecular weight excluding hydrogens is 386 g/mol. The van der Waals surface area contributed by atoms with Gasteiger partial charge in [0.05, 0.1) is 20.8 Å². The molecule has 0 bridgehead atoms. The molecule has 3 aromatic rings. The first-order chi connectivity index (χ1) is 14.4. The van der Waals surface area contributed by atoms with Crippen molar-refractivity contribution in [3.05, 3.63) is 65.9 Å². The number of carbonyl (C=O) groups excluding carboxylic acids is 2. The molecule has 0 spiro atoms. The van der Waals surface area contributed by atoms with Gasteiger partial charge in [0.25, 0.3) is 5.91 Å². The summed E-state index contributed by atoms with van der Waals surface area (Å²) in [5.41, 5.74) is 0.951. The molecule has 1 aliphatic rings. The summed E-state index contributed by atoms with van der Waals surface area (Å²) in [4.78, 5) is 26.7. The van der Waals surface area contributed by atoms with E-state index >= 15 is 0 Å². The minimum atomic E-state index is -1.16. The lowest BCUT2D eigenvalue weighted by atomic mass is 9.92. The summed E-state index contributed by atoms with van der Waals surface area (Å²) in [5.74, 6) is 1.45. The minimum Gasteiger partial charge on any atom is -0.497 e. The van der Waals surface area contributed by atoms with Crippen LogP contribution in [0.2, 0.25) is 0 Å². The number of nitrogens with one attached hydrogen (secondary N) is 1. The maximum Gasteiger partial charge on any atom is 0.325 e. The van der Waals surface area contributed by atoms with E-state index in [0.29, 0.717) is 22.8 Å². The first-order valence-electron chi connectivity index (χ1n) is 9.33. The number of methoxy groups -OCH3 is 2. The normalized spacial score (nSPS) is 18.4. The zero-order chi connectivity index (χ0) is 21.3. The molecule has 1 atom stereocenters. The molecule has 2 heterocycles. The largest absolute Gasteiger partial charge is 0.497 e. The number of benzene rings is 2. The van der Waals surface area contributed by atoms with Gasteiger partial charge in [-0.2, -0.15) is 0 Å². The predicted octanol–water partition coefficient (Wildman–Crippen LogP) is 3.33. The van der Waals surface area contributed by atoms with Crippen LogP contribution in [-0.2, 0) is 16.9 Å². The van der Waals surface area contributed by atoms with Crippen LogP contribution in [0.4, 0.5) is 4.79 Å². The van der Waals surface area contributed by atoms with Gasteiger partial charge in [0.15, 0.2) is 5.76 Å². The Labute approximate surface area is 173 Å². The second kappa shape index (κ2) is 7.55. The Morgan fingerprint density at radius 1 is 1.00 bits per heavy atom. The van der Waals surface area contributed by atoms with Gasteiger partial charge in [0, 0.05) is 11.6 Å². The Morgan fingerprint density at radius 2 is 1.60 bits per heavy atom. The number of amides is 3. The lowest BCUT2D eigenvalue weighted by molar-refractivity contribution is -0.131. The number of rotatable bonds is 6. The molecule has 8 heteroatoms. The average Bonchev–Trinajstić information content (AvgIpc) is 3.33. The molecule has 154 valence electrons. The van der Waals surface area contributed by atoms with Crippen LogP contribution in [0.25, 0.3) is 11.3 Å². The highest BCUT2D eigenvalue weighted by atomic mass is 16.5. The number of ether oxygens (including phenoxy) is 2. The first-order valence-corrected chi connectivity index (χ1v) is 9.33. The summed E-state index contributed by atoms with van der Waals surface area (Å²) in [6.45, 7) is 1.66. The molecule has 0 saturated carbocycles.